The van der Waals surface area contributed by atoms with Crippen LogP contribution in [0, 0.1) is 0 Å². The molecule has 1 aliphatic rings. The highest BCUT2D eigenvalue weighted by atomic mass is 15.2. The monoisotopic (exact) mass is 191 g/mol. The van der Waals surface area contributed by atoms with E-state index >= 15 is 0 Å². The van der Waals surface area contributed by atoms with Gasteiger partial charge in [-0.15, -0.1) is 0 Å². The van der Waals surface area contributed by atoms with E-state index in [9.17, 15) is 0 Å². The van der Waals surface area contributed by atoms with E-state index in [1.165, 1.54) is 31.5 Å². The van der Waals surface area contributed by atoms with Gasteiger partial charge in [-0.3, -0.25) is 9.88 Å². The van der Waals surface area contributed by atoms with Crippen LogP contribution in [0.1, 0.15) is 24.4 Å². The molecular weight excluding hydrogens is 174 g/mol. The Morgan fingerprint density at radius 2 is 1.93 bits per heavy atom. The number of nitrogens with zero attached hydrogens (tertiary/aromatic N) is 2. The molecule has 1 aromatic rings. The van der Waals surface area contributed by atoms with Crippen molar-refractivity contribution in [2.24, 2.45) is 5.73 Å². The Morgan fingerprint density at radius 1 is 1.29 bits per heavy atom. The van der Waals surface area contributed by atoms with Crippen LogP contribution in [0.5, 0.6) is 0 Å². The van der Waals surface area contributed by atoms with Crippen LogP contribution in [0.15, 0.2) is 24.5 Å². The molecule has 14 heavy (non-hydrogen) atoms. The number of nitrogens with two attached hydrogens (primary N) is 1. The molecule has 1 saturated heterocycles. The lowest BCUT2D eigenvalue weighted by molar-refractivity contribution is 0.251. The van der Waals surface area contributed by atoms with Gasteiger partial charge in [-0.05, 0) is 43.6 Å². The van der Waals surface area contributed by atoms with Gasteiger partial charge < -0.3 is 5.73 Å². The molecule has 1 unspecified atom stereocenters. The molecule has 76 valence electrons. The molecule has 0 saturated carbocycles. The highest BCUT2D eigenvalue weighted by molar-refractivity contribution is 5.15. The van der Waals surface area contributed by atoms with Gasteiger partial charge in [0.25, 0.3) is 0 Å². The first-order valence-corrected chi connectivity index (χ1v) is 5.26. The molecule has 3 nitrogen and oxygen atoms in total. The molecule has 2 heterocycles. The summed E-state index contributed by atoms with van der Waals surface area (Å²) in [5, 5.41) is 0. The summed E-state index contributed by atoms with van der Waals surface area (Å²) < 4.78 is 0. The molecule has 0 amide bonds. The van der Waals surface area contributed by atoms with E-state index in [0.29, 0.717) is 12.6 Å². The average Bonchev–Trinajstić information content (AvgIpc) is 2.74. The molecule has 3 heteroatoms. The average molecular weight is 191 g/mol. The minimum atomic E-state index is 0.389. The minimum absolute atomic E-state index is 0.389. The van der Waals surface area contributed by atoms with Gasteiger partial charge in [-0.1, -0.05) is 0 Å². The second kappa shape index (κ2) is 4.53. The van der Waals surface area contributed by atoms with Crippen LogP contribution in [-0.2, 0) is 0 Å². The summed E-state index contributed by atoms with van der Waals surface area (Å²) in [6, 6.07) is 4.52. The molecule has 0 aliphatic carbocycles. The predicted molar refractivity (Wildman–Crippen MR) is 56.8 cm³/mol. The number of likely N-dealkylation sites (tertiary alicyclic amines) is 1. The van der Waals surface area contributed by atoms with Gasteiger partial charge in [0, 0.05) is 25.0 Å². The third kappa shape index (κ3) is 1.94. The van der Waals surface area contributed by atoms with Crippen LogP contribution in [0.4, 0.5) is 0 Å². The normalized spacial score (nSPS) is 19.8. The molecule has 1 aliphatic heterocycles. The van der Waals surface area contributed by atoms with Crippen molar-refractivity contribution >= 4 is 0 Å². The van der Waals surface area contributed by atoms with E-state index in [1.54, 1.807) is 0 Å². The highest BCUT2D eigenvalue weighted by Crippen LogP contribution is 2.23. The van der Waals surface area contributed by atoms with Crippen molar-refractivity contribution < 1.29 is 0 Å². The molecule has 2 rings (SSSR count). The first-order chi connectivity index (χ1) is 6.92. The van der Waals surface area contributed by atoms with Crippen LogP contribution in [0.2, 0.25) is 0 Å². The number of hydrogen-bond donors (Lipinski definition) is 1. The Balaban J connectivity index is 2.12. The Bertz CT molecular complexity index is 267. The molecular formula is C11H17N3. The van der Waals surface area contributed by atoms with E-state index in [4.69, 9.17) is 5.73 Å². The van der Waals surface area contributed by atoms with Crippen molar-refractivity contribution in [2.75, 3.05) is 19.6 Å². The van der Waals surface area contributed by atoms with Gasteiger partial charge in [-0.2, -0.15) is 0 Å². The van der Waals surface area contributed by atoms with Crippen molar-refractivity contribution in [3.63, 3.8) is 0 Å². The highest BCUT2D eigenvalue weighted by Gasteiger charge is 2.21. The number of hydrogen-bond acceptors (Lipinski definition) is 3. The summed E-state index contributed by atoms with van der Waals surface area (Å²) in [7, 11) is 0. The van der Waals surface area contributed by atoms with E-state index in [-0.39, 0.29) is 0 Å². The first-order valence-electron chi connectivity index (χ1n) is 5.26. The van der Waals surface area contributed by atoms with Gasteiger partial charge in [0.05, 0.1) is 0 Å². The van der Waals surface area contributed by atoms with Crippen LogP contribution < -0.4 is 5.73 Å². The number of aromatic nitrogens is 1. The van der Waals surface area contributed by atoms with E-state index in [0.717, 1.165) is 0 Å². The quantitative estimate of drug-likeness (QED) is 0.780. The summed E-state index contributed by atoms with van der Waals surface area (Å²) >= 11 is 0. The van der Waals surface area contributed by atoms with Crippen LogP contribution in [-0.4, -0.2) is 29.5 Å². The van der Waals surface area contributed by atoms with Gasteiger partial charge in [0.1, 0.15) is 0 Å². The third-order valence-electron chi connectivity index (χ3n) is 2.90. The molecule has 0 bridgehead atoms. The van der Waals surface area contributed by atoms with Crippen LogP contribution >= 0.6 is 0 Å². The minimum Gasteiger partial charge on any atom is -0.329 e. The van der Waals surface area contributed by atoms with E-state index < -0.39 is 0 Å². The van der Waals surface area contributed by atoms with Crippen LogP contribution in [0.3, 0.4) is 0 Å². The molecule has 0 spiro atoms. The Morgan fingerprint density at radius 3 is 2.50 bits per heavy atom. The van der Waals surface area contributed by atoms with Crippen LogP contribution in [0.25, 0.3) is 0 Å². The smallest absolute Gasteiger partial charge is 0.0471 e. The zero-order valence-corrected chi connectivity index (χ0v) is 8.39. The van der Waals surface area contributed by atoms with E-state index in [2.05, 4.69) is 22.0 Å². The maximum Gasteiger partial charge on any atom is 0.0471 e. The Hall–Kier alpha value is -0.930. The van der Waals surface area contributed by atoms with Gasteiger partial charge in [0.15, 0.2) is 0 Å². The largest absolute Gasteiger partial charge is 0.329 e. The Kier molecular flexibility index (Phi) is 3.11. The number of rotatable bonds is 3. The van der Waals surface area contributed by atoms with Gasteiger partial charge >= 0.3 is 0 Å². The number of pyridine rings is 1. The lowest BCUT2D eigenvalue weighted by Crippen LogP contribution is -2.31. The third-order valence-corrected chi connectivity index (χ3v) is 2.90. The Labute approximate surface area is 84.9 Å². The second-order valence-electron chi connectivity index (χ2n) is 3.78. The fourth-order valence-corrected chi connectivity index (χ4v) is 2.13. The maximum atomic E-state index is 5.82. The van der Waals surface area contributed by atoms with Crippen molar-refractivity contribution in [3.8, 4) is 0 Å². The molecule has 2 N–H and O–H groups in total. The van der Waals surface area contributed by atoms with Crippen molar-refractivity contribution in [1.82, 2.24) is 9.88 Å². The van der Waals surface area contributed by atoms with E-state index in [1.807, 2.05) is 12.4 Å². The maximum absolute atomic E-state index is 5.82. The fraction of sp³-hybridized carbons (Fsp3) is 0.545. The van der Waals surface area contributed by atoms with Crippen molar-refractivity contribution in [1.29, 1.82) is 0 Å². The van der Waals surface area contributed by atoms with Gasteiger partial charge in [-0.25, -0.2) is 0 Å². The summed E-state index contributed by atoms with van der Waals surface area (Å²) in [5.41, 5.74) is 7.12. The lowest BCUT2D eigenvalue weighted by Gasteiger charge is -2.26. The zero-order chi connectivity index (χ0) is 9.80. The van der Waals surface area contributed by atoms with Crippen molar-refractivity contribution in [3.05, 3.63) is 30.1 Å². The summed E-state index contributed by atoms with van der Waals surface area (Å²) in [6.45, 7) is 3.07. The second-order valence-corrected chi connectivity index (χ2v) is 3.78. The SMILES string of the molecule is NCC(c1ccncc1)N1CCCC1. The molecule has 1 aromatic heterocycles. The van der Waals surface area contributed by atoms with Gasteiger partial charge in [0.2, 0.25) is 0 Å². The summed E-state index contributed by atoms with van der Waals surface area (Å²) in [4.78, 5) is 6.50. The topological polar surface area (TPSA) is 42.1 Å². The summed E-state index contributed by atoms with van der Waals surface area (Å²) in [6.07, 6.45) is 6.30. The summed E-state index contributed by atoms with van der Waals surface area (Å²) in [5.74, 6) is 0. The van der Waals surface area contributed by atoms with Crippen molar-refractivity contribution in [2.45, 2.75) is 18.9 Å². The molecule has 1 atom stereocenters. The molecule has 1 fully saturated rings. The molecule has 0 aromatic carbocycles. The molecule has 0 radical (unpaired) electrons. The fourth-order valence-electron chi connectivity index (χ4n) is 2.13. The standard InChI is InChI=1S/C11H17N3/c12-9-11(14-7-1-2-8-14)10-3-5-13-6-4-10/h3-6,11H,1-2,7-9,12H2. The predicted octanol–water partition coefficient (Wildman–Crippen LogP) is 1.18. The zero-order valence-electron chi connectivity index (χ0n) is 8.39. The lowest BCUT2D eigenvalue weighted by atomic mass is 10.1. The first kappa shape index (κ1) is 9.62.